The molecule has 0 radical (unpaired) electrons. The number of nitrogens with zero attached hydrogens (tertiary/aromatic N) is 1. The number of carboxylic acids is 1. The van der Waals surface area contributed by atoms with E-state index in [4.69, 9.17) is 10.4 Å². The Morgan fingerprint density at radius 2 is 2.25 bits per heavy atom. The van der Waals surface area contributed by atoms with E-state index in [9.17, 15) is 13.2 Å². The van der Waals surface area contributed by atoms with Crippen molar-refractivity contribution in [3.05, 3.63) is 16.5 Å². The number of rotatable bonds is 4. The van der Waals surface area contributed by atoms with E-state index in [2.05, 4.69) is 10.8 Å². The van der Waals surface area contributed by atoms with Crippen molar-refractivity contribution in [2.75, 3.05) is 0 Å². The van der Waals surface area contributed by atoms with Crippen LogP contribution in [0.2, 0.25) is 0 Å². The van der Waals surface area contributed by atoms with E-state index >= 15 is 0 Å². The van der Waals surface area contributed by atoms with Crippen LogP contribution in [0.25, 0.3) is 0 Å². The summed E-state index contributed by atoms with van der Waals surface area (Å²) in [6, 6.07) is 3.07. The number of nitrogens with one attached hydrogen (secondary N) is 1. The molecule has 0 bridgehead atoms. The highest BCUT2D eigenvalue weighted by atomic mass is 32.2. The van der Waals surface area contributed by atoms with Gasteiger partial charge in [-0.25, -0.2) is 17.9 Å². The number of sulfonamides is 1. The normalized spacial score (nSPS) is 22.6. The van der Waals surface area contributed by atoms with Crippen molar-refractivity contribution in [2.45, 2.75) is 36.4 Å². The van der Waals surface area contributed by atoms with Crippen LogP contribution in [0.5, 0.6) is 0 Å². The first-order valence-corrected chi connectivity index (χ1v) is 8.41. The molecule has 1 fully saturated rings. The molecule has 0 saturated heterocycles. The Balaban J connectivity index is 2.25. The van der Waals surface area contributed by atoms with Gasteiger partial charge in [0.2, 0.25) is 10.0 Å². The number of thiophene rings is 1. The fourth-order valence-corrected chi connectivity index (χ4v) is 5.02. The van der Waals surface area contributed by atoms with E-state index in [0.717, 1.165) is 17.8 Å². The fraction of sp³-hybridized carbons (Fsp3) is 0.500. The monoisotopic (exact) mass is 314 g/mol. The topological polar surface area (TPSA) is 107 Å². The van der Waals surface area contributed by atoms with Gasteiger partial charge < -0.3 is 5.11 Å². The molecule has 2 N–H and O–H groups in total. The van der Waals surface area contributed by atoms with Crippen molar-refractivity contribution in [3.8, 4) is 6.07 Å². The molecule has 1 aromatic rings. The minimum atomic E-state index is -3.77. The molecule has 6 nitrogen and oxygen atoms in total. The SMILES string of the molecule is Cc1cc(S(=O)(=O)NC2CCCC2C#N)sc1C(=O)O. The molecular formula is C12H14N2O4S2. The van der Waals surface area contributed by atoms with Crippen molar-refractivity contribution in [1.29, 1.82) is 5.26 Å². The van der Waals surface area contributed by atoms with Crippen molar-refractivity contribution >= 4 is 27.3 Å². The first-order chi connectivity index (χ1) is 9.35. The van der Waals surface area contributed by atoms with Gasteiger partial charge in [-0.15, -0.1) is 11.3 Å². The third-order valence-electron chi connectivity index (χ3n) is 3.34. The summed E-state index contributed by atoms with van der Waals surface area (Å²) in [7, 11) is -3.77. The lowest BCUT2D eigenvalue weighted by molar-refractivity contribution is 0.0701. The minimum Gasteiger partial charge on any atom is -0.477 e. The fourth-order valence-electron chi connectivity index (χ4n) is 2.31. The van der Waals surface area contributed by atoms with Crippen molar-refractivity contribution < 1.29 is 18.3 Å². The molecule has 108 valence electrons. The van der Waals surface area contributed by atoms with Gasteiger partial charge in [-0.05, 0) is 31.4 Å². The number of aromatic carboxylic acids is 1. The van der Waals surface area contributed by atoms with Crippen molar-refractivity contribution in [2.24, 2.45) is 5.92 Å². The largest absolute Gasteiger partial charge is 0.477 e. The second-order valence-corrected chi connectivity index (χ2v) is 7.77. The molecule has 1 saturated carbocycles. The Morgan fingerprint density at radius 3 is 2.80 bits per heavy atom. The van der Waals surface area contributed by atoms with Gasteiger partial charge in [-0.2, -0.15) is 5.26 Å². The van der Waals surface area contributed by atoms with Crippen LogP contribution in [0.3, 0.4) is 0 Å². The van der Waals surface area contributed by atoms with Gasteiger partial charge in [0.05, 0.1) is 12.0 Å². The first-order valence-electron chi connectivity index (χ1n) is 6.11. The number of nitriles is 1. The number of hydrogen-bond donors (Lipinski definition) is 2. The van der Waals surface area contributed by atoms with Gasteiger partial charge in [-0.1, -0.05) is 6.42 Å². The molecule has 1 aromatic heterocycles. The second-order valence-electron chi connectivity index (χ2n) is 4.78. The zero-order valence-electron chi connectivity index (χ0n) is 10.8. The lowest BCUT2D eigenvalue weighted by Crippen LogP contribution is -2.36. The van der Waals surface area contributed by atoms with E-state index in [-0.39, 0.29) is 21.0 Å². The maximum absolute atomic E-state index is 12.2. The molecule has 0 spiro atoms. The molecule has 1 aliphatic carbocycles. The zero-order valence-corrected chi connectivity index (χ0v) is 12.4. The van der Waals surface area contributed by atoms with Gasteiger partial charge >= 0.3 is 5.97 Å². The van der Waals surface area contributed by atoms with Crippen LogP contribution in [0.1, 0.15) is 34.5 Å². The molecular weight excluding hydrogens is 300 g/mol. The summed E-state index contributed by atoms with van der Waals surface area (Å²) in [6.07, 6.45) is 2.14. The molecule has 1 aliphatic rings. The summed E-state index contributed by atoms with van der Waals surface area (Å²) in [5, 5.41) is 17.9. The predicted octanol–water partition coefficient (Wildman–Crippen LogP) is 1.73. The average molecular weight is 314 g/mol. The molecule has 2 atom stereocenters. The quantitative estimate of drug-likeness (QED) is 0.880. The maximum atomic E-state index is 12.2. The molecule has 0 amide bonds. The van der Waals surface area contributed by atoms with E-state index in [0.29, 0.717) is 18.4 Å². The van der Waals surface area contributed by atoms with Gasteiger partial charge in [0.1, 0.15) is 9.09 Å². The van der Waals surface area contributed by atoms with Crippen molar-refractivity contribution in [1.82, 2.24) is 4.72 Å². The Labute approximate surface area is 121 Å². The molecule has 1 heterocycles. The van der Waals surface area contributed by atoms with Crippen LogP contribution in [0.4, 0.5) is 0 Å². The van der Waals surface area contributed by atoms with Crippen LogP contribution in [-0.2, 0) is 10.0 Å². The van der Waals surface area contributed by atoms with Crippen LogP contribution in [0.15, 0.2) is 10.3 Å². The molecule has 0 aromatic carbocycles. The predicted molar refractivity (Wildman–Crippen MR) is 73.1 cm³/mol. The van der Waals surface area contributed by atoms with Crippen LogP contribution < -0.4 is 4.72 Å². The number of carbonyl (C=O) groups is 1. The Kier molecular flexibility index (Phi) is 4.13. The lowest BCUT2D eigenvalue weighted by atomic mass is 10.1. The average Bonchev–Trinajstić information content (AvgIpc) is 2.95. The summed E-state index contributed by atoms with van der Waals surface area (Å²) in [5.41, 5.74) is 0.422. The van der Waals surface area contributed by atoms with Gasteiger partial charge in [-0.3, -0.25) is 0 Å². The Morgan fingerprint density at radius 1 is 1.55 bits per heavy atom. The lowest BCUT2D eigenvalue weighted by Gasteiger charge is -2.14. The molecule has 2 unspecified atom stereocenters. The Bertz CT molecular complexity index is 672. The summed E-state index contributed by atoms with van der Waals surface area (Å²) in [4.78, 5) is 11.0. The van der Waals surface area contributed by atoms with Crippen LogP contribution in [0, 0.1) is 24.2 Å². The first kappa shape index (κ1) is 15.0. The number of aryl methyl sites for hydroxylation is 1. The Hall–Kier alpha value is -1.43. The summed E-state index contributed by atoms with van der Waals surface area (Å²) < 4.78 is 27.0. The molecule has 20 heavy (non-hydrogen) atoms. The third-order valence-corrected chi connectivity index (χ3v) is 6.53. The van der Waals surface area contributed by atoms with Gasteiger partial charge in [0.15, 0.2) is 0 Å². The zero-order chi connectivity index (χ0) is 14.9. The highest BCUT2D eigenvalue weighted by Crippen LogP contribution is 2.29. The highest BCUT2D eigenvalue weighted by molar-refractivity contribution is 7.91. The van der Waals surface area contributed by atoms with E-state index in [1.165, 1.54) is 6.07 Å². The third kappa shape index (κ3) is 2.85. The smallest absolute Gasteiger partial charge is 0.346 e. The second kappa shape index (κ2) is 5.52. The standard InChI is InChI=1S/C12H14N2O4S2/c1-7-5-10(19-11(7)12(15)16)20(17,18)14-9-4-2-3-8(9)6-13/h5,8-9,14H,2-4H2,1H3,(H,15,16). The highest BCUT2D eigenvalue weighted by Gasteiger charge is 2.32. The van der Waals surface area contributed by atoms with E-state index in [1.54, 1.807) is 6.92 Å². The number of hydrogen-bond acceptors (Lipinski definition) is 5. The number of carboxylic acid groups (broad SMARTS) is 1. The van der Waals surface area contributed by atoms with Crippen LogP contribution >= 0.6 is 11.3 Å². The van der Waals surface area contributed by atoms with Gasteiger partial charge in [0, 0.05) is 6.04 Å². The summed E-state index contributed by atoms with van der Waals surface area (Å²) >= 11 is 0.734. The molecule has 2 rings (SSSR count). The molecule has 8 heteroatoms. The van der Waals surface area contributed by atoms with E-state index < -0.39 is 16.0 Å². The minimum absolute atomic E-state index is 0.0176. The molecule has 0 aliphatic heterocycles. The van der Waals surface area contributed by atoms with Crippen LogP contribution in [-0.4, -0.2) is 25.5 Å². The van der Waals surface area contributed by atoms with Crippen molar-refractivity contribution in [3.63, 3.8) is 0 Å². The summed E-state index contributed by atoms with van der Waals surface area (Å²) in [6.45, 7) is 1.56. The van der Waals surface area contributed by atoms with E-state index in [1.807, 2.05) is 0 Å². The maximum Gasteiger partial charge on any atom is 0.346 e. The van der Waals surface area contributed by atoms with Gasteiger partial charge in [0.25, 0.3) is 0 Å². The summed E-state index contributed by atoms with van der Waals surface area (Å²) in [5.74, 6) is -1.45.